The summed E-state index contributed by atoms with van der Waals surface area (Å²) in [7, 11) is 1.43. The van der Waals surface area contributed by atoms with Crippen LogP contribution in [-0.4, -0.2) is 49.7 Å². The van der Waals surface area contributed by atoms with E-state index < -0.39 is 24.4 Å². The van der Waals surface area contributed by atoms with Crippen LogP contribution < -0.4 is 0 Å². The lowest BCUT2D eigenvalue weighted by molar-refractivity contribution is -0.181. The second kappa shape index (κ2) is 11.5. The molecule has 8 atom stereocenters. The first-order valence-electron chi connectivity index (χ1n) is 13.0. The molecule has 1 aromatic rings. The second-order valence-corrected chi connectivity index (χ2v) is 10.3. The second-order valence-electron chi connectivity index (χ2n) is 10.3. The van der Waals surface area contributed by atoms with Crippen LogP contribution in [0.2, 0.25) is 0 Å². The molecule has 34 heavy (non-hydrogen) atoms. The Morgan fingerprint density at radius 2 is 2.03 bits per heavy atom. The quantitative estimate of drug-likeness (QED) is 0.478. The Morgan fingerprint density at radius 3 is 2.76 bits per heavy atom. The maximum Gasteiger partial charge on any atom is 0.141 e. The smallest absolute Gasteiger partial charge is 0.141 e. The molecule has 3 fully saturated rings. The molecule has 188 valence electrons. The van der Waals surface area contributed by atoms with Gasteiger partial charge in [-0.25, -0.2) is 8.78 Å². The van der Waals surface area contributed by atoms with Crippen LogP contribution in [0.25, 0.3) is 0 Å². The molecule has 0 amide bonds. The van der Waals surface area contributed by atoms with Crippen molar-refractivity contribution >= 4 is 5.78 Å². The minimum atomic E-state index is -1.44. The molecule has 0 aromatic heterocycles. The molecule has 1 aliphatic heterocycles. The zero-order valence-corrected chi connectivity index (χ0v) is 20.4. The maximum atomic E-state index is 14.7. The van der Waals surface area contributed by atoms with Crippen molar-refractivity contribution < 1.29 is 27.8 Å². The lowest BCUT2D eigenvalue weighted by Crippen LogP contribution is -2.44. The number of ether oxygens (including phenoxy) is 3. The highest BCUT2D eigenvalue weighted by molar-refractivity contribution is 5.84. The molecular weight excluding hydrogens is 438 g/mol. The minimum Gasteiger partial charge on any atom is -0.378 e. The number of hydrogen-bond donors (Lipinski definition) is 0. The molecule has 2 saturated carbocycles. The zero-order valence-electron chi connectivity index (χ0n) is 20.4. The van der Waals surface area contributed by atoms with E-state index in [2.05, 4.69) is 12.1 Å². The van der Waals surface area contributed by atoms with E-state index in [1.165, 1.54) is 7.11 Å². The first-order chi connectivity index (χ1) is 16.4. The molecule has 4 rings (SSSR count). The van der Waals surface area contributed by atoms with Gasteiger partial charge in [-0.1, -0.05) is 12.1 Å². The van der Waals surface area contributed by atoms with Gasteiger partial charge in [-0.05, 0) is 75.6 Å². The first-order valence-corrected chi connectivity index (χ1v) is 13.0. The monoisotopic (exact) mass is 476 g/mol. The summed E-state index contributed by atoms with van der Waals surface area (Å²) in [5.74, 6) is -0.700. The Hall–Kier alpha value is -1.55. The first kappa shape index (κ1) is 25.5. The summed E-state index contributed by atoms with van der Waals surface area (Å²) in [5, 5.41) is 0. The van der Waals surface area contributed by atoms with Crippen molar-refractivity contribution in [2.24, 2.45) is 11.8 Å². The average Bonchev–Trinajstić information content (AvgIpc) is 3.12. The largest absolute Gasteiger partial charge is 0.378 e. The number of alkyl halides is 2. The van der Waals surface area contributed by atoms with Gasteiger partial charge in [-0.3, -0.25) is 4.79 Å². The minimum absolute atomic E-state index is 0.0440. The van der Waals surface area contributed by atoms with Crippen LogP contribution in [0.15, 0.2) is 18.2 Å². The molecule has 8 unspecified atom stereocenters. The van der Waals surface area contributed by atoms with E-state index in [4.69, 9.17) is 14.2 Å². The fourth-order valence-corrected chi connectivity index (χ4v) is 6.44. The van der Waals surface area contributed by atoms with E-state index in [1.54, 1.807) is 0 Å². The van der Waals surface area contributed by atoms with E-state index in [9.17, 15) is 13.6 Å². The number of Topliss-reactive ketones (excluding diaryl/α,β-unsaturated/α-hetero) is 1. The van der Waals surface area contributed by atoms with Gasteiger partial charge in [0.15, 0.2) is 0 Å². The SMILES string of the molecule is CCOC1CC(c2cc#ccc2)OC2(CCCC(C(=O)C3CCC(F)CC(F)C3OC)CC2)C1. The van der Waals surface area contributed by atoms with Crippen molar-refractivity contribution in [3.63, 3.8) is 0 Å². The van der Waals surface area contributed by atoms with Crippen LogP contribution >= 0.6 is 0 Å². The van der Waals surface area contributed by atoms with Gasteiger partial charge in [0.1, 0.15) is 18.1 Å². The summed E-state index contributed by atoms with van der Waals surface area (Å²) in [4.78, 5) is 13.6. The lowest BCUT2D eigenvalue weighted by Gasteiger charge is -2.44. The fraction of sp³-hybridized carbons (Fsp3) is 0.750. The molecule has 0 N–H and O–H groups in total. The molecule has 1 spiro atoms. The van der Waals surface area contributed by atoms with Crippen LogP contribution in [0, 0.1) is 24.0 Å². The molecule has 6 heteroatoms. The highest BCUT2D eigenvalue weighted by atomic mass is 19.1. The molecule has 2 aliphatic carbocycles. The number of halogens is 2. The number of methoxy groups -OCH3 is 1. The van der Waals surface area contributed by atoms with Crippen LogP contribution in [0.5, 0.6) is 0 Å². The van der Waals surface area contributed by atoms with Crippen LogP contribution in [0.1, 0.15) is 82.8 Å². The molecule has 1 heterocycles. The highest BCUT2D eigenvalue weighted by Gasteiger charge is 2.46. The van der Waals surface area contributed by atoms with Crippen LogP contribution in [-0.2, 0) is 19.0 Å². The summed E-state index contributed by atoms with van der Waals surface area (Å²) >= 11 is 0. The molecule has 0 bridgehead atoms. The van der Waals surface area contributed by atoms with Crippen molar-refractivity contribution in [1.82, 2.24) is 0 Å². The molecule has 0 radical (unpaired) electrons. The number of rotatable bonds is 6. The van der Waals surface area contributed by atoms with E-state index >= 15 is 0 Å². The molecule has 3 aliphatic rings. The van der Waals surface area contributed by atoms with E-state index in [-0.39, 0.29) is 42.4 Å². The van der Waals surface area contributed by atoms with Crippen molar-refractivity contribution in [2.75, 3.05) is 13.7 Å². The summed E-state index contributed by atoms with van der Waals surface area (Å²) in [6.07, 6.45) is 2.50. The number of ketones is 1. The summed E-state index contributed by atoms with van der Waals surface area (Å²) in [5.41, 5.74) is 0.740. The Balaban J connectivity index is 1.48. The summed E-state index contributed by atoms with van der Waals surface area (Å²) < 4.78 is 46.9. The third-order valence-corrected chi connectivity index (χ3v) is 8.12. The Bertz CT molecular complexity index is 790. The predicted octanol–water partition coefficient (Wildman–Crippen LogP) is 5.92. The van der Waals surface area contributed by atoms with E-state index in [0.717, 1.165) is 44.1 Å². The van der Waals surface area contributed by atoms with Crippen molar-refractivity contribution in [2.45, 2.75) is 107 Å². The van der Waals surface area contributed by atoms with Gasteiger partial charge in [-0.15, -0.1) is 0 Å². The number of hydrogen-bond acceptors (Lipinski definition) is 4. The fourth-order valence-electron chi connectivity index (χ4n) is 6.44. The van der Waals surface area contributed by atoms with E-state index in [1.807, 2.05) is 25.1 Å². The summed E-state index contributed by atoms with van der Waals surface area (Å²) in [6, 6.07) is 11.8. The number of carbonyl (C=O) groups is 1. The molecule has 4 nitrogen and oxygen atoms in total. The topological polar surface area (TPSA) is 44.8 Å². The van der Waals surface area contributed by atoms with Crippen LogP contribution in [0.3, 0.4) is 0 Å². The average molecular weight is 477 g/mol. The third-order valence-electron chi connectivity index (χ3n) is 8.12. The maximum absolute atomic E-state index is 14.7. The third kappa shape index (κ3) is 5.80. The number of carbonyl (C=O) groups excluding carboxylic acids is 1. The Kier molecular flexibility index (Phi) is 8.61. The van der Waals surface area contributed by atoms with Crippen molar-refractivity contribution in [3.8, 4) is 0 Å². The normalized spacial score (nSPS) is 39.1. The standard InChI is InChI=1S/C28H38F2O4/c1-3-33-22-17-25(19-8-5-4-6-9-19)34-28(18-22)14-7-10-20(13-15-28)26(31)23-12-11-21(29)16-24(30)27(23)32-2/h5,8-9,20-25,27H,3,7,10-18H2,1-2H3. The van der Waals surface area contributed by atoms with E-state index in [0.29, 0.717) is 19.4 Å². The van der Waals surface area contributed by atoms with Crippen molar-refractivity contribution in [3.05, 3.63) is 35.9 Å². The Labute approximate surface area is 202 Å². The molecule has 1 aromatic carbocycles. The van der Waals surface area contributed by atoms with Crippen molar-refractivity contribution in [1.29, 1.82) is 0 Å². The van der Waals surface area contributed by atoms with Gasteiger partial charge < -0.3 is 14.2 Å². The van der Waals surface area contributed by atoms with Crippen LogP contribution in [0.4, 0.5) is 8.78 Å². The van der Waals surface area contributed by atoms with Gasteiger partial charge in [0, 0.05) is 44.8 Å². The molecular formula is C28H38F2O4. The van der Waals surface area contributed by atoms with Gasteiger partial charge in [0.25, 0.3) is 0 Å². The molecule has 1 saturated heterocycles. The highest BCUT2D eigenvalue weighted by Crippen LogP contribution is 2.47. The zero-order chi connectivity index (χ0) is 24.1. The van der Waals surface area contributed by atoms with Gasteiger partial charge in [0.05, 0.1) is 23.9 Å². The summed E-state index contributed by atoms with van der Waals surface area (Å²) in [6.45, 7) is 2.67. The van der Waals surface area contributed by atoms with Gasteiger partial charge in [0.2, 0.25) is 0 Å². The Morgan fingerprint density at radius 1 is 1.18 bits per heavy atom. The lowest BCUT2D eigenvalue weighted by atomic mass is 9.80. The van der Waals surface area contributed by atoms with Gasteiger partial charge >= 0.3 is 0 Å². The predicted molar refractivity (Wildman–Crippen MR) is 125 cm³/mol. The van der Waals surface area contributed by atoms with Gasteiger partial charge in [-0.2, -0.15) is 0 Å².